The van der Waals surface area contributed by atoms with Crippen molar-refractivity contribution >= 4 is 40.7 Å². The third-order valence-electron chi connectivity index (χ3n) is 6.26. The van der Waals surface area contributed by atoms with Crippen LogP contribution in [0.3, 0.4) is 0 Å². The summed E-state index contributed by atoms with van der Waals surface area (Å²) in [5.74, 6) is 1.82. The minimum atomic E-state index is -0.307. The van der Waals surface area contributed by atoms with E-state index in [1.807, 2.05) is 35.7 Å². The lowest BCUT2D eigenvalue weighted by molar-refractivity contribution is -0.123. The predicted octanol–water partition coefficient (Wildman–Crippen LogP) is 5.32. The van der Waals surface area contributed by atoms with Crippen LogP contribution in [0.5, 0.6) is 5.75 Å². The molecular weight excluding hydrogens is 520 g/mol. The SMILES string of the molecule is COc1ccc(-n2nc(C(C)(C)C)c3c2N(CC(=O)NCc2ccco2)C(=O)CS[C@@H]3c2cccs2)cc1. The molecule has 1 atom stereocenters. The number of hydrogen-bond donors (Lipinski definition) is 1. The fourth-order valence-corrected chi connectivity index (χ4v) is 6.62. The van der Waals surface area contributed by atoms with E-state index < -0.39 is 0 Å². The first kappa shape index (κ1) is 26.1. The number of hydrogen-bond acceptors (Lipinski definition) is 7. The maximum atomic E-state index is 13.7. The summed E-state index contributed by atoms with van der Waals surface area (Å²) in [5.41, 5.74) is 2.33. The Labute approximate surface area is 230 Å². The second kappa shape index (κ2) is 10.7. The maximum absolute atomic E-state index is 13.7. The number of thioether (sulfide) groups is 1. The van der Waals surface area contributed by atoms with Gasteiger partial charge in [-0.25, -0.2) is 4.68 Å². The average molecular weight is 551 g/mol. The van der Waals surface area contributed by atoms with Crippen molar-refractivity contribution in [3.63, 3.8) is 0 Å². The maximum Gasteiger partial charge on any atom is 0.240 e. The number of amides is 2. The molecule has 2 amide bonds. The highest BCUT2D eigenvalue weighted by molar-refractivity contribution is 8.00. The standard InChI is InChI=1S/C28H30N4O4S2/c1-28(2,3)26-24-25(21-8-6-14-37-21)38-17-23(34)31(16-22(33)29-15-20-7-5-13-36-20)27(24)32(30-26)18-9-11-19(35-4)12-10-18/h5-14,25H,15-17H2,1-4H3,(H,29,33)/t25-/m1/s1. The van der Waals surface area contributed by atoms with E-state index in [1.165, 1.54) is 0 Å². The Hall–Kier alpha value is -3.50. The highest BCUT2D eigenvalue weighted by Crippen LogP contribution is 2.49. The molecule has 10 heteroatoms. The van der Waals surface area contributed by atoms with E-state index in [2.05, 4.69) is 32.2 Å². The highest BCUT2D eigenvalue weighted by Gasteiger charge is 2.40. The molecule has 4 aromatic rings. The van der Waals surface area contributed by atoms with Crippen LogP contribution < -0.4 is 15.0 Å². The summed E-state index contributed by atoms with van der Waals surface area (Å²) in [7, 11) is 1.62. The van der Waals surface area contributed by atoms with Crippen LogP contribution in [-0.2, 0) is 21.5 Å². The smallest absolute Gasteiger partial charge is 0.240 e. The molecule has 1 aliphatic rings. The van der Waals surface area contributed by atoms with E-state index in [1.54, 1.807) is 58.2 Å². The predicted molar refractivity (Wildman–Crippen MR) is 150 cm³/mol. The highest BCUT2D eigenvalue weighted by atomic mass is 32.2. The number of nitrogens with one attached hydrogen (secondary N) is 1. The summed E-state index contributed by atoms with van der Waals surface area (Å²) >= 11 is 3.24. The van der Waals surface area contributed by atoms with Gasteiger partial charge in [-0.05, 0) is 47.8 Å². The second-order valence-electron chi connectivity index (χ2n) is 9.99. The quantitative estimate of drug-likeness (QED) is 0.335. The molecule has 4 heterocycles. The van der Waals surface area contributed by atoms with Gasteiger partial charge in [-0.3, -0.25) is 14.5 Å². The molecule has 0 spiro atoms. The molecule has 0 bridgehead atoms. The van der Waals surface area contributed by atoms with Crippen LogP contribution >= 0.6 is 23.1 Å². The zero-order valence-corrected chi connectivity index (χ0v) is 23.4. The number of ether oxygens (including phenoxy) is 1. The molecule has 0 fully saturated rings. The zero-order valence-electron chi connectivity index (χ0n) is 21.8. The molecule has 0 aliphatic carbocycles. The number of methoxy groups -OCH3 is 1. The van der Waals surface area contributed by atoms with E-state index in [0.29, 0.717) is 11.6 Å². The number of benzene rings is 1. The zero-order chi connectivity index (χ0) is 26.9. The Morgan fingerprint density at radius 1 is 1.18 bits per heavy atom. The van der Waals surface area contributed by atoms with Crippen molar-refractivity contribution in [2.75, 3.05) is 24.3 Å². The second-order valence-corrected chi connectivity index (χ2v) is 12.1. The molecule has 3 aromatic heterocycles. The minimum Gasteiger partial charge on any atom is -0.497 e. The van der Waals surface area contributed by atoms with E-state index in [-0.39, 0.29) is 41.3 Å². The first-order valence-electron chi connectivity index (χ1n) is 12.3. The number of nitrogens with zero attached hydrogens (tertiary/aromatic N) is 3. The number of thiophene rings is 1. The number of aromatic nitrogens is 2. The lowest BCUT2D eigenvalue weighted by atomic mass is 9.88. The van der Waals surface area contributed by atoms with Crippen molar-refractivity contribution < 1.29 is 18.7 Å². The fourth-order valence-electron chi connectivity index (χ4n) is 4.44. The number of fused-ring (bicyclic) bond motifs is 1. The van der Waals surface area contributed by atoms with Crippen molar-refractivity contribution in [1.82, 2.24) is 15.1 Å². The monoisotopic (exact) mass is 550 g/mol. The molecule has 1 aliphatic heterocycles. The Balaban J connectivity index is 1.64. The van der Waals surface area contributed by atoms with Crippen molar-refractivity contribution in [2.45, 2.75) is 38.0 Å². The van der Waals surface area contributed by atoms with Gasteiger partial charge in [0.1, 0.15) is 23.9 Å². The Morgan fingerprint density at radius 2 is 1.97 bits per heavy atom. The first-order valence-corrected chi connectivity index (χ1v) is 14.2. The van der Waals surface area contributed by atoms with Gasteiger partial charge in [-0.1, -0.05) is 26.8 Å². The van der Waals surface area contributed by atoms with Crippen LogP contribution in [0.4, 0.5) is 5.82 Å². The van der Waals surface area contributed by atoms with Crippen molar-refractivity contribution in [1.29, 1.82) is 0 Å². The van der Waals surface area contributed by atoms with Gasteiger partial charge in [0.05, 0.1) is 42.3 Å². The summed E-state index contributed by atoms with van der Waals surface area (Å²) in [6.07, 6.45) is 1.56. The summed E-state index contributed by atoms with van der Waals surface area (Å²) < 4.78 is 12.5. The molecule has 8 nitrogen and oxygen atoms in total. The van der Waals surface area contributed by atoms with Crippen molar-refractivity contribution in [2.24, 2.45) is 0 Å². The van der Waals surface area contributed by atoms with E-state index in [4.69, 9.17) is 14.3 Å². The Bertz CT molecular complexity index is 1400. The van der Waals surface area contributed by atoms with Crippen molar-refractivity contribution in [3.05, 3.63) is 82.1 Å². The molecule has 1 aromatic carbocycles. The van der Waals surface area contributed by atoms with Crippen molar-refractivity contribution in [3.8, 4) is 11.4 Å². The molecule has 0 unspecified atom stereocenters. The van der Waals surface area contributed by atoms with Gasteiger partial charge < -0.3 is 14.5 Å². The van der Waals surface area contributed by atoms with Crippen LogP contribution in [-0.4, -0.2) is 41.0 Å². The van der Waals surface area contributed by atoms with E-state index in [9.17, 15) is 9.59 Å². The fraction of sp³-hybridized carbons (Fsp3) is 0.321. The number of furan rings is 1. The van der Waals surface area contributed by atoms with Gasteiger partial charge in [0, 0.05) is 15.9 Å². The molecule has 0 saturated carbocycles. The number of carbonyl (C=O) groups is 2. The van der Waals surface area contributed by atoms with E-state index >= 15 is 0 Å². The van der Waals surface area contributed by atoms with Crippen LogP contribution in [0, 0.1) is 0 Å². The van der Waals surface area contributed by atoms with Crippen LogP contribution in [0.2, 0.25) is 0 Å². The molecule has 0 saturated heterocycles. The van der Waals surface area contributed by atoms with Gasteiger partial charge in [-0.15, -0.1) is 23.1 Å². The molecule has 5 rings (SSSR count). The summed E-state index contributed by atoms with van der Waals surface area (Å²) in [6, 6.07) is 15.3. The van der Waals surface area contributed by atoms with Gasteiger partial charge in [0.15, 0.2) is 0 Å². The molecule has 0 radical (unpaired) electrons. The van der Waals surface area contributed by atoms with Gasteiger partial charge in [0.2, 0.25) is 11.8 Å². The molecular formula is C28H30N4O4S2. The third-order valence-corrected chi connectivity index (χ3v) is 8.58. The average Bonchev–Trinajstić information content (AvgIpc) is 3.66. The molecule has 38 heavy (non-hydrogen) atoms. The van der Waals surface area contributed by atoms with Gasteiger partial charge in [0.25, 0.3) is 0 Å². The number of rotatable bonds is 7. The topological polar surface area (TPSA) is 89.6 Å². The van der Waals surface area contributed by atoms with E-state index in [0.717, 1.165) is 27.6 Å². The number of anilines is 1. The lowest BCUT2D eigenvalue weighted by Gasteiger charge is -2.24. The van der Waals surface area contributed by atoms with Crippen LogP contribution in [0.15, 0.2) is 64.6 Å². The van der Waals surface area contributed by atoms with Gasteiger partial charge in [-0.2, -0.15) is 5.10 Å². The molecule has 1 N–H and O–H groups in total. The first-order chi connectivity index (χ1) is 18.3. The minimum absolute atomic E-state index is 0.0913. The van der Waals surface area contributed by atoms with Crippen LogP contribution in [0.1, 0.15) is 47.9 Å². The Kier molecular flexibility index (Phi) is 7.36. The molecule has 198 valence electrons. The summed E-state index contributed by atoms with van der Waals surface area (Å²) in [5, 5.41) is 9.93. The lowest BCUT2D eigenvalue weighted by Crippen LogP contribution is -2.42. The summed E-state index contributed by atoms with van der Waals surface area (Å²) in [4.78, 5) is 29.5. The third kappa shape index (κ3) is 5.23. The number of carbonyl (C=O) groups excluding carboxylic acids is 2. The van der Waals surface area contributed by atoms with Gasteiger partial charge >= 0.3 is 0 Å². The summed E-state index contributed by atoms with van der Waals surface area (Å²) in [6.45, 7) is 6.49. The largest absolute Gasteiger partial charge is 0.497 e. The normalized spacial score (nSPS) is 15.7. The van der Waals surface area contributed by atoms with Crippen LogP contribution in [0.25, 0.3) is 5.69 Å². The Morgan fingerprint density at radius 3 is 2.61 bits per heavy atom.